The first-order valence-electron chi connectivity index (χ1n) is 9.38. The largest absolute Gasteiger partial charge is 0.478 e. The quantitative estimate of drug-likeness (QED) is 0.704. The molecule has 8 nitrogen and oxygen atoms in total. The first kappa shape index (κ1) is 21.0. The zero-order valence-corrected chi connectivity index (χ0v) is 17.3. The molecule has 0 aromatic heterocycles. The van der Waals surface area contributed by atoms with E-state index in [0.717, 1.165) is 28.1 Å². The number of hydrogen-bond acceptors (Lipinski definition) is 4. The van der Waals surface area contributed by atoms with Gasteiger partial charge in [-0.1, -0.05) is 0 Å². The predicted molar refractivity (Wildman–Crippen MR) is 112 cm³/mol. The molecule has 0 bridgehead atoms. The summed E-state index contributed by atoms with van der Waals surface area (Å²) in [6.45, 7) is 3.59. The molecule has 156 valence electrons. The molecule has 0 radical (unpaired) electrons. The molecule has 0 saturated heterocycles. The Hall–Kier alpha value is -3.68. The van der Waals surface area contributed by atoms with Gasteiger partial charge in [0.25, 0.3) is 5.91 Å². The van der Waals surface area contributed by atoms with E-state index < -0.39 is 5.97 Å². The minimum absolute atomic E-state index is 0.0103. The molecule has 0 fully saturated rings. The monoisotopic (exact) mass is 409 g/mol. The van der Waals surface area contributed by atoms with Crippen LogP contribution < -0.4 is 10.6 Å². The van der Waals surface area contributed by atoms with Gasteiger partial charge in [-0.3, -0.25) is 14.4 Å². The average molecular weight is 409 g/mol. The first-order valence-corrected chi connectivity index (χ1v) is 9.38. The summed E-state index contributed by atoms with van der Waals surface area (Å²) in [6.07, 6.45) is 0.638. The summed E-state index contributed by atoms with van der Waals surface area (Å²) in [7, 11) is 3.44. The Morgan fingerprint density at radius 1 is 0.833 bits per heavy atom. The van der Waals surface area contributed by atoms with Crippen molar-refractivity contribution in [2.24, 2.45) is 0 Å². The van der Waals surface area contributed by atoms with E-state index in [0.29, 0.717) is 17.5 Å². The number of carbonyl (C=O) groups is 4. The van der Waals surface area contributed by atoms with Crippen molar-refractivity contribution in [3.63, 3.8) is 0 Å². The maximum atomic E-state index is 11.9. The molecule has 2 heterocycles. The summed E-state index contributed by atoms with van der Waals surface area (Å²) < 4.78 is 0. The van der Waals surface area contributed by atoms with Crippen molar-refractivity contribution in [2.45, 2.75) is 26.7 Å². The minimum atomic E-state index is -0.954. The fourth-order valence-electron chi connectivity index (χ4n) is 3.47. The van der Waals surface area contributed by atoms with Gasteiger partial charge in [-0.2, -0.15) is 0 Å². The molecule has 4 rings (SSSR count). The number of amides is 3. The van der Waals surface area contributed by atoms with Crippen LogP contribution in [0.15, 0.2) is 24.3 Å². The molecule has 30 heavy (non-hydrogen) atoms. The topological polar surface area (TPSA) is 116 Å². The maximum absolute atomic E-state index is 11.9. The van der Waals surface area contributed by atoms with Gasteiger partial charge >= 0.3 is 5.97 Å². The van der Waals surface area contributed by atoms with E-state index in [1.807, 2.05) is 19.1 Å². The van der Waals surface area contributed by atoms with Crippen LogP contribution in [-0.2, 0) is 22.4 Å². The van der Waals surface area contributed by atoms with Crippen LogP contribution in [0.5, 0.6) is 0 Å². The lowest BCUT2D eigenvalue weighted by atomic mass is 10.0. The normalized spacial score (nSPS) is 13.5. The number of nitrogens with one attached hydrogen (secondary N) is 2. The van der Waals surface area contributed by atoms with Crippen molar-refractivity contribution in [2.75, 3.05) is 24.7 Å². The Morgan fingerprint density at radius 3 is 1.70 bits per heavy atom. The van der Waals surface area contributed by atoms with Crippen molar-refractivity contribution in [3.8, 4) is 0 Å². The van der Waals surface area contributed by atoms with Crippen molar-refractivity contribution >= 4 is 35.1 Å². The SMILES string of the molecule is Cc1cc2c(cc1C(=O)N(C)C)CC(=O)N2.Cc1cc2c(cc1C(=O)O)CC(=O)N2. The Bertz CT molecular complexity index is 1090. The van der Waals surface area contributed by atoms with E-state index in [2.05, 4.69) is 10.6 Å². The van der Waals surface area contributed by atoms with Crippen LogP contribution >= 0.6 is 0 Å². The van der Waals surface area contributed by atoms with Crippen molar-refractivity contribution < 1.29 is 24.3 Å². The van der Waals surface area contributed by atoms with E-state index in [-0.39, 0.29) is 29.7 Å². The number of nitrogens with zero attached hydrogens (tertiary/aromatic N) is 1. The van der Waals surface area contributed by atoms with Crippen LogP contribution in [0.4, 0.5) is 11.4 Å². The zero-order chi connectivity index (χ0) is 22.2. The standard InChI is InChI=1S/C12H14N2O2.C10H9NO3/c1-7-4-10-8(6-11(15)13-10)5-9(7)12(16)14(2)3;1-5-2-8-6(4-9(12)11-8)3-7(5)10(13)14/h4-5H,6H2,1-3H3,(H,13,15);2-3H,4H2,1H3,(H,11,12)(H,13,14). The zero-order valence-electron chi connectivity index (χ0n) is 17.3. The smallest absolute Gasteiger partial charge is 0.335 e. The van der Waals surface area contributed by atoms with E-state index in [1.54, 1.807) is 38.1 Å². The highest BCUT2D eigenvalue weighted by Gasteiger charge is 2.22. The Balaban J connectivity index is 0.000000172. The summed E-state index contributed by atoms with van der Waals surface area (Å²) in [4.78, 5) is 46.5. The van der Waals surface area contributed by atoms with Gasteiger partial charge in [-0.05, 0) is 60.4 Å². The average Bonchev–Trinajstić information content (AvgIpc) is 3.19. The highest BCUT2D eigenvalue weighted by atomic mass is 16.4. The van der Waals surface area contributed by atoms with Crippen LogP contribution in [0.25, 0.3) is 0 Å². The molecule has 3 amide bonds. The number of rotatable bonds is 2. The highest BCUT2D eigenvalue weighted by Crippen LogP contribution is 2.27. The summed E-state index contributed by atoms with van der Waals surface area (Å²) in [5.74, 6) is -1.07. The van der Waals surface area contributed by atoms with Crippen LogP contribution in [0.3, 0.4) is 0 Å². The number of aryl methyl sites for hydroxylation is 2. The van der Waals surface area contributed by atoms with Gasteiger partial charge in [-0.25, -0.2) is 4.79 Å². The van der Waals surface area contributed by atoms with Crippen LogP contribution in [0.2, 0.25) is 0 Å². The van der Waals surface area contributed by atoms with E-state index in [4.69, 9.17) is 5.11 Å². The number of hydrogen-bond donors (Lipinski definition) is 3. The lowest BCUT2D eigenvalue weighted by Crippen LogP contribution is -2.22. The number of carboxylic acids is 1. The number of carboxylic acid groups (broad SMARTS) is 1. The molecule has 2 aliphatic heterocycles. The molecule has 2 aromatic carbocycles. The second kappa shape index (κ2) is 7.98. The molecular formula is C22H23N3O5. The summed E-state index contributed by atoms with van der Waals surface area (Å²) >= 11 is 0. The molecule has 0 unspecified atom stereocenters. The first-order chi connectivity index (χ1) is 14.1. The third-order valence-electron chi connectivity index (χ3n) is 5.02. The fourth-order valence-corrected chi connectivity index (χ4v) is 3.47. The third kappa shape index (κ3) is 4.17. The number of fused-ring (bicyclic) bond motifs is 2. The highest BCUT2D eigenvalue weighted by molar-refractivity contribution is 6.03. The second-order valence-electron chi connectivity index (χ2n) is 7.60. The third-order valence-corrected chi connectivity index (χ3v) is 5.02. The van der Waals surface area contributed by atoms with Crippen molar-refractivity contribution in [1.29, 1.82) is 0 Å². The predicted octanol–water partition coefficient (Wildman–Crippen LogP) is 2.38. The van der Waals surface area contributed by atoms with Gasteiger partial charge in [0, 0.05) is 31.0 Å². The number of carbonyl (C=O) groups excluding carboxylic acids is 3. The Kier molecular flexibility index (Phi) is 5.60. The summed E-state index contributed by atoms with van der Waals surface area (Å²) in [5, 5.41) is 14.3. The van der Waals surface area contributed by atoms with Crippen molar-refractivity contribution in [3.05, 3.63) is 57.6 Å². The van der Waals surface area contributed by atoms with E-state index in [1.165, 1.54) is 0 Å². The van der Waals surface area contributed by atoms with Crippen LogP contribution in [0, 0.1) is 13.8 Å². The van der Waals surface area contributed by atoms with Gasteiger partial charge in [-0.15, -0.1) is 0 Å². The Labute approximate surface area is 173 Å². The maximum Gasteiger partial charge on any atom is 0.335 e. The lowest BCUT2D eigenvalue weighted by molar-refractivity contribution is -0.115. The molecule has 2 aliphatic rings. The molecule has 0 spiro atoms. The molecular weight excluding hydrogens is 386 g/mol. The summed E-state index contributed by atoms with van der Waals surface area (Å²) in [5.41, 5.74) is 5.72. The van der Waals surface area contributed by atoms with E-state index >= 15 is 0 Å². The summed E-state index contributed by atoms with van der Waals surface area (Å²) in [6, 6.07) is 6.93. The molecule has 0 saturated carbocycles. The number of aromatic carboxylic acids is 1. The van der Waals surface area contributed by atoms with Gasteiger partial charge in [0.2, 0.25) is 11.8 Å². The van der Waals surface area contributed by atoms with Gasteiger partial charge in [0.05, 0.1) is 18.4 Å². The van der Waals surface area contributed by atoms with Crippen molar-refractivity contribution in [1.82, 2.24) is 4.90 Å². The number of anilines is 2. The lowest BCUT2D eigenvalue weighted by Gasteiger charge is -2.13. The Morgan fingerprint density at radius 2 is 1.27 bits per heavy atom. The minimum Gasteiger partial charge on any atom is -0.478 e. The van der Waals surface area contributed by atoms with Gasteiger partial charge in [0.1, 0.15) is 0 Å². The van der Waals surface area contributed by atoms with E-state index in [9.17, 15) is 19.2 Å². The fraction of sp³-hybridized carbons (Fsp3) is 0.273. The van der Waals surface area contributed by atoms with Gasteiger partial charge in [0.15, 0.2) is 0 Å². The van der Waals surface area contributed by atoms with Crippen LogP contribution in [-0.4, -0.2) is 47.8 Å². The molecule has 0 atom stereocenters. The second-order valence-corrected chi connectivity index (χ2v) is 7.60. The van der Waals surface area contributed by atoms with Crippen LogP contribution in [0.1, 0.15) is 43.0 Å². The van der Waals surface area contributed by atoms with Gasteiger partial charge < -0.3 is 20.6 Å². The molecule has 8 heteroatoms. The molecule has 0 aliphatic carbocycles. The number of benzene rings is 2. The molecule has 3 N–H and O–H groups in total. The molecule has 2 aromatic rings.